The maximum Gasteiger partial charge on any atom is 0.345 e. The van der Waals surface area contributed by atoms with Crippen LogP contribution in [0.25, 0.3) is 0 Å². The van der Waals surface area contributed by atoms with E-state index >= 15 is 0 Å². The molecule has 0 bridgehead atoms. The van der Waals surface area contributed by atoms with E-state index in [-0.39, 0.29) is 17.4 Å². The van der Waals surface area contributed by atoms with Gasteiger partial charge in [0.15, 0.2) is 5.78 Å². The van der Waals surface area contributed by atoms with Crippen LogP contribution in [0.3, 0.4) is 0 Å². The molecule has 0 amide bonds. The molecule has 1 saturated heterocycles. The van der Waals surface area contributed by atoms with E-state index in [4.69, 9.17) is 9.47 Å². The van der Waals surface area contributed by atoms with Gasteiger partial charge in [-0.25, -0.2) is 9.48 Å². The lowest BCUT2D eigenvalue weighted by Gasteiger charge is -2.31. The van der Waals surface area contributed by atoms with Crippen LogP contribution in [0.5, 0.6) is 5.75 Å². The standard InChI is InChI=1S/C21H30N4O4/c1-4-24-20(22-25(21(24)27)13-14-28-2)17-9-11-23(12-10-17)15-19(26)16-5-7-18(29-3)8-6-16/h5-8,17H,4,9-15H2,1-3H3. The Morgan fingerprint density at radius 1 is 1.17 bits per heavy atom. The van der Waals surface area contributed by atoms with Crippen molar-refractivity contribution in [3.05, 3.63) is 46.1 Å². The summed E-state index contributed by atoms with van der Waals surface area (Å²) in [5.41, 5.74) is 0.626. The second-order valence-corrected chi connectivity index (χ2v) is 7.30. The predicted octanol–water partition coefficient (Wildman–Crippen LogP) is 1.78. The number of likely N-dealkylation sites (tertiary alicyclic amines) is 1. The Kier molecular flexibility index (Phi) is 7.22. The lowest BCUT2D eigenvalue weighted by molar-refractivity contribution is 0.0908. The molecule has 0 unspecified atom stereocenters. The molecule has 0 spiro atoms. The molecule has 0 saturated carbocycles. The second-order valence-electron chi connectivity index (χ2n) is 7.30. The number of methoxy groups -OCH3 is 2. The van der Waals surface area contributed by atoms with Gasteiger partial charge in [-0.15, -0.1) is 0 Å². The summed E-state index contributed by atoms with van der Waals surface area (Å²) in [7, 11) is 3.23. The van der Waals surface area contributed by atoms with Crippen molar-refractivity contribution < 1.29 is 14.3 Å². The van der Waals surface area contributed by atoms with Gasteiger partial charge < -0.3 is 9.47 Å². The largest absolute Gasteiger partial charge is 0.497 e. The van der Waals surface area contributed by atoms with Gasteiger partial charge in [0, 0.05) is 25.1 Å². The van der Waals surface area contributed by atoms with Gasteiger partial charge >= 0.3 is 5.69 Å². The highest BCUT2D eigenvalue weighted by Gasteiger charge is 2.27. The van der Waals surface area contributed by atoms with E-state index in [9.17, 15) is 9.59 Å². The summed E-state index contributed by atoms with van der Waals surface area (Å²) in [6, 6.07) is 7.23. The van der Waals surface area contributed by atoms with Crippen LogP contribution in [-0.4, -0.2) is 65.5 Å². The quantitative estimate of drug-likeness (QED) is 0.595. The summed E-state index contributed by atoms with van der Waals surface area (Å²) >= 11 is 0. The van der Waals surface area contributed by atoms with E-state index in [1.54, 1.807) is 30.9 Å². The van der Waals surface area contributed by atoms with E-state index in [1.807, 2.05) is 19.1 Å². The molecule has 1 aromatic carbocycles. The van der Waals surface area contributed by atoms with Crippen molar-refractivity contribution in [1.29, 1.82) is 0 Å². The number of benzene rings is 1. The number of piperidine rings is 1. The molecular weight excluding hydrogens is 372 g/mol. The number of hydrogen-bond donors (Lipinski definition) is 0. The first-order valence-electron chi connectivity index (χ1n) is 10.1. The number of nitrogens with zero attached hydrogens (tertiary/aromatic N) is 4. The molecule has 1 fully saturated rings. The molecule has 3 rings (SSSR count). The van der Waals surface area contributed by atoms with E-state index in [0.29, 0.717) is 31.8 Å². The molecule has 2 heterocycles. The lowest BCUT2D eigenvalue weighted by Crippen LogP contribution is -2.37. The number of aromatic nitrogens is 3. The number of carbonyl (C=O) groups is 1. The average Bonchev–Trinajstić information content (AvgIpc) is 3.08. The normalized spacial score (nSPS) is 15.6. The van der Waals surface area contributed by atoms with Crippen molar-refractivity contribution >= 4 is 5.78 Å². The van der Waals surface area contributed by atoms with Crippen molar-refractivity contribution in [3.8, 4) is 5.75 Å². The summed E-state index contributed by atoms with van der Waals surface area (Å²) in [6.45, 7) is 5.54. The molecule has 1 aromatic heterocycles. The molecule has 8 nitrogen and oxygen atoms in total. The first-order chi connectivity index (χ1) is 14.1. The van der Waals surface area contributed by atoms with Gasteiger partial charge in [0.25, 0.3) is 0 Å². The van der Waals surface area contributed by atoms with Crippen LogP contribution < -0.4 is 10.4 Å². The first kappa shape index (κ1) is 21.3. The minimum atomic E-state index is -0.0725. The molecule has 0 atom stereocenters. The number of ketones is 1. The van der Waals surface area contributed by atoms with Crippen LogP contribution in [0.1, 0.15) is 41.9 Å². The topological polar surface area (TPSA) is 78.6 Å². The van der Waals surface area contributed by atoms with Crippen LogP contribution in [0.4, 0.5) is 0 Å². The molecule has 1 aliphatic heterocycles. The third-order valence-corrected chi connectivity index (χ3v) is 5.51. The number of ether oxygens (including phenoxy) is 2. The Morgan fingerprint density at radius 2 is 1.86 bits per heavy atom. The van der Waals surface area contributed by atoms with Gasteiger partial charge in [-0.3, -0.25) is 14.3 Å². The fourth-order valence-corrected chi connectivity index (χ4v) is 3.80. The first-order valence-corrected chi connectivity index (χ1v) is 10.1. The van der Waals surface area contributed by atoms with Crippen molar-refractivity contribution in [2.75, 3.05) is 40.5 Å². The van der Waals surface area contributed by atoms with Crippen LogP contribution in [0, 0.1) is 0 Å². The monoisotopic (exact) mass is 402 g/mol. The zero-order valence-corrected chi connectivity index (χ0v) is 17.5. The molecule has 158 valence electrons. The Bertz CT molecular complexity index is 864. The molecule has 8 heteroatoms. The van der Waals surface area contributed by atoms with Crippen molar-refractivity contribution in [1.82, 2.24) is 19.2 Å². The Hall–Kier alpha value is -2.45. The second kappa shape index (κ2) is 9.84. The summed E-state index contributed by atoms with van der Waals surface area (Å²) in [5.74, 6) is 1.95. The summed E-state index contributed by atoms with van der Waals surface area (Å²) < 4.78 is 13.5. The minimum Gasteiger partial charge on any atom is -0.497 e. The number of rotatable bonds is 9. The van der Waals surface area contributed by atoms with Crippen LogP contribution in [0.15, 0.2) is 29.1 Å². The van der Waals surface area contributed by atoms with E-state index in [1.165, 1.54) is 4.68 Å². The highest BCUT2D eigenvalue weighted by Crippen LogP contribution is 2.26. The fourth-order valence-electron chi connectivity index (χ4n) is 3.80. The highest BCUT2D eigenvalue weighted by molar-refractivity contribution is 5.97. The molecular formula is C21H30N4O4. The molecule has 0 aliphatic carbocycles. The minimum absolute atomic E-state index is 0.0725. The van der Waals surface area contributed by atoms with Gasteiger partial charge in [-0.2, -0.15) is 5.10 Å². The van der Waals surface area contributed by atoms with Crippen LogP contribution >= 0.6 is 0 Å². The third-order valence-electron chi connectivity index (χ3n) is 5.51. The molecule has 1 aliphatic rings. The van der Waals surface area contributed by atoms with Gasteiger partial charge in [0.1, 0.15) is 11.6 Å². The third kappa shape index (κ3) is 4.94. The molecule has 0 N–H and O–H groups in total. The number of carbonyl (C=O) groups excluding carboxylic acids is 1. The smallest absolute Gasteiger partial charge is 0.345 e. The van der Waals surface area contributed by atoms with Crippen LogP contribution in [0.2, 0.25) is 0 Å². The van der Waals surface area contributed by atoms with Crippen molar-refractivity contribution in [2.45, 2.75) is 38.8 Å². The predicted molar refractivity (Wildman–Crippen MR) is 110 cm³/mol. The number of Topliss-reactive ketones (excluding diaryl/α,β-unsaturated/α-hetero) is 1. The van der Waals surface area contributed by atoms with Gasteiger partial charge in [-0.05, 0) is 57.1 Å². The van der Waals surface area contributed by atoms with Gasteiger partial charge in [-0.1, -0.05) is 0 Å². The highest BCUT2D eigenvalue weighted by atomic mass is 16.5. The zero-order chi connectivity index (χ0) is 20.8. The van der Waals surface area contributed by atoms with Gasteiger partial charge in [0.2, 0.25) is 0 Å². The zero-order valence-electron chi connectivity index (χ0n) is 17.5. The fraction of sp³-hybridized carbons (Fsp3) is 0.571. The maximum absolute atomic E-state index is 12.6. The SMILES string of the molecule is CCn1c(C2CCN(CC(=O)c3ccc(OC)cc3)CC2)nn(CCOC)c1=O. The van der Waals surface area contributed by atoms with Crippen LogP contribution in [-0.2, 0) is 17.8 Å². The Morgan fingerprint density at radius 3 is 2.45 bits per heavy atom. The lowest BCUT2D eigenvalue weighted by atomic mass is 9.95. The average molecular weight is 402 g/mol. The Labute approximate surface area is 171 Å². The summed E-state index contributed by atoms with van der Waals surface area (Å²) in [6.07, 6.45) is 1.77. The molecule has 29 heavy (non-hydrogen) atoms. The summed E-state index contributed by atoms with van der Waals surface area (Å²) in [5, 5.41) is 4.58. The van der Waals surface area contributed by atoms with Crippen molar-refractivity contribution in [2.24, 2.45) is 0 Å². The maximum atomic E-state index is 12.6. The van der Waals surface area contributed by atoms with E-state index in [2.05, 4.69) is 10.00 Å². The van der Waals surface area contributed by atoms with E-state index in [0.717, 1.165) is 37.5 Å². The Balaban J connectivity index is 1.60. The van der Waals surface area contributed by atoms with E-state index < -0.39 is 0 Å². The number of hydrogen-bond acceptors (Lipinski definition) is 6. The molecule has 2 aromatic rings. The molecule has 0 radical (unpaired) electrons. The van der Waals surface area contributed by atoms with Crippen molar-refractivity contribution in [3.63, 3.8) is 0 Å². The summed E-state index contributed by atoms with van der Waals surface area (Å²) in [4.78, 5) is 27.3. The van der Waals surface area contributed by atoms with Gasteiger partial charge in [0.05, 0.1) is 26.8 Å².